The molecule has 0 fully saturated rings. The first kappa shape index (κ1) is 21.1. The van der Waals surface area contributed by atoms with Crippen LogP contribution in [-0.2, 0) is 14.3 Å². The van der Waals surface area contributed by atoms with Crippen molar-refractivity contribution in [2.24, 2.45) is 10.9 Å². The Morgan fingerprint density at radius 2 is 1.94 bits per heavy atom. The number of nitrogens with zero attached hydrogens (tertiary/aromatic N) is 2. The fourth-order valence-electron chi connectivity index (χ4n) is 4.65. The number of aliphatic imine (C=N–C) groups is 1. The highest BCUT2D eigenvalue weighted by molar-refractivity contribution is 6.09. The lowest BCUT2D eigenvalue weighted by atomic mass is 9.71. The molecule has 2 aromatic rings. The van der Waals surface area contributed by atoms with Crippen LogP contribution in [0.25, 0.3) is 0 Å². The van der Waals surface area contributed by atoms with Crippen molar-refractivity contribution in [3.05, 3.63) is 65.3 Å². The summed E-state index contributed by atoms with van der Waals surface area (Å²) in [7, 11) is 4.01. The van der Waals surface area contributed by atoms with Gasteiger partial charge < -0.3 is 14.1 Å². The van der Waals surface area contributed by atoms with Crippen molar-refractivity contribution in [2.45, 2.75) is 38.5 Å². The SMILES string of the molecule is CCOC(=O)C1C(C)=NC2=C(C(=O)C[C@H](c3ccc(N(C)C)cc3)C2)[C@H]1c1ccco1. The predicted molar refractivity (Wildman–Crippen MR) is 119 cm³/mol. The van der Waals surface area contributed by atoms with Gasteiger partial charge in [-0.1, -0.05) is 12.1 Å². The number of Topliss-reactive ketones (excluding diaryl/α,β-unsaturated/α-hetero) is 1. The standard InChI is InChI=1S/C25H28N2O4/c1-5-30-25(29)22-15(2)26-19-13-17(16-8-10-18(11-9-16)27(3)4)14-20(28)23(19)24(22)21-7-6-12-31-21/h6-12,17,22,24H,5,13-14H2,1-4H3/t17-,22?,24+/m1/s1. The van der Waals surface area contributed by atoms with Crippen LogP contribution < -0.4 is 4.90 Å². The molecule has 0 saturated heterocycles. The molecule has 3 atom stereocenters. The monoisotopic (exact) mass is 420 g/mol. The highest BCUT2D eigenvalue weighted by atomic mass is 16.5. The molecule has 6 heteroatoms. The molecule has 1 aromatic heterocycles. The normalized spacial score (nSPS) is 23.3. The van der Waals surface area contributed by atoms with Crippen LogP contribution in [0, 0.1) is 5.92 Å². The van der Waals surface area contributed by atoms with Gasteiger partial charge in [-0.25, -0.2) is 0 Å². The molecule has 1 aliphatic carbocycles. The molecule has 0 radical (unpaired) electrons. The molecule has 6 nitrogen and oxygen atoms in total. The van der Waals surface area contributed by atoms with Crippen LogP contribution in [0.5, 0.6) is 0 Å². The van der Waals surface area contributed by atoms with Gasteiger partial charge in [-0.15, -0.1) is 0 Å². The average molecular weight is 421 g/mol. The Morgan fingerprint density at radius 1 is 1.19 bits per heavy atom. The summed E-state index contributed by atoms with van der Waals surface area (Å²) in [6.07, 6.45) is 2.62. The van der Waals surface area contributed by atoms with E-state index in [4.69, 9.17) is 14.1 Å². The number of hydrogen-bond donors (Lipinski definition) is 0. The van der Waals surface area contributed by atoms with E-state index in [1.807, 2.05) is 27.1 Å². The summed E-state index contributed by atoms with van der Waals surface area (Å²) in [5.41, 5.74) is 4.26. The van der Waals surface area contributed by atoms with E-state index in [1.165, 1.54) is 0 Å². The number of carbonyl (C=O) groups is 2. The molecule has 0 amide bonds. The summed E-state index contributed by atoms with van der Waals surface area (Å²) in [6.45, 7) is 3.89. The second kappa shape index (κ2) is 8.53. The number of furan rings is 1. The van der Waals surface area contributed by atoms with Gasteiger partial charge in [0.2, 0.25) is 0 Å². The van der Waals surface area contributed by atoms with Crippen molar-refractivity contribution in [1.29, 1.82) is 0 Å². The maximum absolute atomic E-state index is 13.4. The molecule has 1 unspecified atom stereocenters. The topological polar surface area (TPSA) is 72.1 Å². The molecule has 2 heterocycles. The summed E-state index contributed by atoms with van der Waals surface area (Å²) in [4.78, 5) is 33.0. The van der Waals surface area contributed by atoms with E-state index in [0.717, 1.165) is 16.9 Å². The minimum Gasteiger partial charge on any atom is -0.469 e. The largest absolute Gasteiger partial charge is 0.469 e. The van der Waals surface area contributed by atoms with E-state index in [0.29, 0.717) is 29.9 Å². The summed E-state index contributed by atoms with van der Waals surface area (Å²) in [6, 6.07) is 11.9. The van der Waals surface area contributed by atoms with Gasteiger partial charge in [0.15, 0.2) is 5.78 Å². The van der Waals surface area contributed by atoms with Gasteiger partial charge in [0, 0.05) is 43.2 Å². The average Bonchev–Trinajstić information content (AvgIpc) is 3.27. The number of rotatable bonds is 5. The van der Waals surface area contributed by atoms with Crippen LogP contribution in [-0.4, -0.2) is 38.2 Å². The predicted octanol–water partition coefficient (Wildman–Crippen LogP) is 4.48. The van der Waals surface area contributed by atoms with Crippen LogP contribution in [0.15, 0.2) is 63.3 Å². The second-order valence-corrected chi connectivity index (χ2v) is 8.35. The fourth-order valence-corrected chi connectivity index (χ4v) is 4.65. The fraction of sp³-hybridized carbons (Fsp3) is 0.400. The molecule has 162 valence electrons. The van der Waals surface area contributed by atoms with Gasteiger partial charge >= 0.3 is 5.97 Å². The Kier molecular flexibility index (Phi) is 5.81. The zero-order valence-electron chi connectivity index (χ0n) is 18.4. The summed E-state index contributed by atoms with van der Waals surface area (Å²) >= 11 is 0. The lowest BCUT2D eigenvalue weighted by Gasteiger charge is -2.35. The third-order valence-corrected chi connectivity index (χ3v) is 6.16. The van der Waals surface area contributed by atoms with Crippen LogP contribution in [0.2, 0.25) is 0 Å². The van der Waals surface area contributed by atoms with E-state index < -0.39 is 11.8 Å². The zero-order chi connectivity index (χ0) is 22.1. The van der Waals surface area contributed by atoms with Gasteiger partial charge in [0.25, 0.3) is 0 Å². The van der Waals surface area contributed by atoms with Crippen LogP contribution in [0.1, 0.15) is 49.8 Å². The van der Waals surface area contributed by atoms with Crippen molar-refractivity contribution in [1.82, 2.24) is 0 Å². The molecule has 0 saturated carbocycles. The van der Waals surface area contributed by atoms with Gasteiger partial charge in [-0.2, -0.15) is 0 Å². The Labute approximate surface area is 182 Å². The molecule has 2 aliphatic rings. The van der Waals surface area contributed by atoms with E-state index in [9.17, 15) is 9.59 Å². The van der Waals surface area contributed by atoms with Crippen LogP contribution >= 0.6 is 0 Å². The molecular weight excluding hydrogens is 392 g/mol. The third kappa shape index (κ3) is 3.94. The van der Waals surface area contributed by atoms with E-state index in [1.54, 1.807) is 19.3 Å². The van der Waals surface area contributed by atoms with Gasteiger partial charge in [-0.3, -0.25) is 14.6 Å². The minimum atomic E-state index is -0.648. The summed E-state index contributed by atoms with van der Waals surface area (Å²) in [5.74, 6) is -0.825. The molecule has 31 heavy (non-hydrogen) atoms. The molecule has 1 aliphatic heterocycles. The number of hydrogen-bond acceptors (Lipinski definition) is 6. The molecule has 1 aromatic carbocycles. The number of allylic oxidation sites excluding steroid dienone is 2. The number of benzene rings is 1. The quantitative estimate of drug-likeness (QED) is 0.667. The number of ketones is 1. The zero-order valence-corrected chi connectivity index (χ0v) is 18.4. The van der Waals surface area contributed by atoms with Crippen molar-refractivity contribution < 1.29 is 18.7 Å². The molecular formula is C25H28N2O4. The van der Waals surface area contributed by atoms with E-state index in [-0.39, 0.29) is 24.3 Å². The van der Waals surface area contributed by atoms with E-state index >= 15 is 0 Å². The third-order valence-electron chi connectivity index (χ3n) is 6.16. The van der Waals surface area contributed by atoms with Crippen molar-refractivity contribution in [3.8, 4) is 0 Å². The maximum atomic E-state index is 13.4. The van der Waals surface area contributed by atoms with Crippen LogP contribution in [0.3, 0.4) is 0 Å². The Morgan fingerprint density at radius 3 is 2.55 bits per heavy atom. The first-order chi connectivity index (χ1) is 14.9. The van der Waals surface area contributed by atoms with Crippen molar-refractivity contribution in [2.75, 3.05) is 25.6 Å². The van der Waals surface area contributed by atoms with Gasteiger partial charge in [-0.05, 0) is 56.0 Å². The number of anilines is 1. The van der Waals surface area contributed by atoms with Gasteiger partial charge in [0.1, 0.15) is 11.7 Å². The number of ether oxygens (including phenoxy) is 1. The van der Waals surface area contributed by atoms with Crippen LogP contribution in [0.4, 0.5) is 5.69 Å². The number of esters is 1. The lowest BCUT2D eigenvalue weighted by molar-refractivity contribution is -0.146. The Hall–Kier alpha value is -3.15. The van der Waals surface area contributed by atoms with Crippen molar-refractivity contribution in [3.63, 3.8) is 0 Å². The number of carbonyl (C=O) groups excluding carboxylic acids is 2. The molecule has 0 bridgehead atoms. The first-order valence-electron chi connectivity index (χ1n) is 10.7. The van der Waals surface area contributed by atoms with E-state index in [2.05, 4.69) is 29.2 Å². The second-order valence-electron chi connectivity index (χ2n) is 8.35. The summed E-state index contributed by atoms with van der Waals surface area (Å²) < 4.78 is 11.0. The molecule has 0 spiro atoms. The van der Waals surface area contributed by atoms with Crippen molar-refractivity contribution >= 4 is 23.2 Å². The molecule has 0 N–H and O–H groups in total. The Bertz CT molecular complexity index is 1030. The Balaban J connectivity index is 1.72. The first-order valence-corrected chi connectivity index (χ1v) is 10.7. The minimum absolute atomic E-state index is 0.0230. The summed E-state index contributed by atoms with van der Waals surface area (Å²) in [5, 5.41) is 0. The highest BCUT2D eigenvalue weighted by Crippen LogP contribution is 2.47. The smallest absolute Gasteiger partial charge is 0.315 e. The molecule has 4 rings (SSSR count). The maximum Gasteiger partial charge on any atom is 0.315 e. The highest BCUT2D eigenvalue weighted by Gasteiger charge is 2.45. The lowest BCUT2D eigenvalue weighted by Crippen LogP contribution is -2.38. The van der Waals surface area contributed by atoms with Gasteiger partial charge in [0.05, 0.1) is 18.8 Å².